The fourth-order valence-electron chi connectivity index (χ4n) is 2.63. The van der Waals surface area contributed by atoms with Gasteiger partial charge in [-0.3, -0.25) is 9.59 Å². The Morgan fingerprint density at radius 1 is 0.781 bits per heavy atom. The molecule has 32 heavy (non-hydrogen) atoms. The molecule has 0 aromatic carbocycles. The van der Waals surface area contributed by atoms with E-state index in [0.717, 1.165) is 11.1 Å². The lowest BCUT2D eigenvalue weighted by Crippen LogP contribution is -2.21. The van der Waals surface area contributed by atoms with Crippen LogP contribution in [0.4, 0.5) is 0 Å². The highest BCUT2D eigenvalue weighted by atomic mass is 32.2. The first-order valence-electron chi connectivity index (χ1n) is 11.5. The lowest BCUT2D eigenvalue weighted by molar-refractivity contribution is -0.125. The summed E-state index contributed by atoms with van der Waals surface area (Å²) in [5.74, 6) is 0.159. The topological polar surface area (TPSA) is 34.1 Å². The molecule has 0 N–H and O–H groups in total. The Hall–Kier alpha value is -1.61. The minimum Gasteiger partial charge on any atom is -0.299 e. The monoisotopic (exact) mass is 456 g/mol. The predicted octanol–water partition coefficient (Wildman–Crippen LogP) is 8.62. The van der Waals surface area contributed by atoms with Crippen LogP contribution in [0.25, 0.3) is 0 Å². The number of allylic oxidation sites excluding steroid dienone is 10. The van der Waals surface area contributed by atoms with Gasteiger partial charge in [-0.15, -0.1) is 0 Å². The van der Waals surface area contributed by atoms with Gasteiger partial charge < -0.3 is 0 Å². The number of Topliss-reactive ketones (excluding diaryl/α,β-unsaturated/α-hetero) is 1. The zero-order chi connectivity index (χ0) is 25.1. The fourth-order valence-corrected chi connectivity index (χ4v) is 3.87. The summed E-state index contributed by atoms with van der Waals surface area (Å²) in [4.78, 5) is 28.0. The summed E-state index contributed by atoms with van der Waals surface area (Å²) in [5.41, 5.74) is 1.12. The van der Waals surface area contributed by atoms with Gasteiger partial charge in [-0.1, -0.05) is 113 Å². The van der Waals surface area contributed by atoms with Gasteiger partial charge >= 0.3 is 0 Å². The molecule has 0 saturated heterocycles. The molecule has 3 heteroatoms. The van der Waals surface area contributed by atoms with E-state index in [0.29, 0.717) is 0 Å². The Balaban J connectivity index is 3.36. The second-order valence-electron chi connectivity index (χ2n) is 12.8. The summed E-state index contributed by atoms with van der Waals surface area (Å²) in [6, 6.07) is 0. The molecule has 0 fully saturated rings. The largest absolute Gasteiger partial charge is 0.299 e. The highest BCUT2D eigenvalue weighted by Gasteiger charge is 2.27. The minimum atomic E-state index is -0.475. The standard InChI is InChI=1S/C29H44O2S/c1-26(2,3)22(30)16-20(17-23(31)27(4,5)6)14-13-15-21-18-24(28(7,8)9)32-25(19-21)29(10,11)12/h13-16,18-19H,17H2,1-12H3/b14-13+,20-16-. The molecule has 1 aliphatic heterocycles. The van der Waals surface area contributed by atoms with Crippen molar-refractivity contribution in [1.82, 2.24) is 0 Å². The molecule has 0 spiro atoms. The molecule has 0 bridgehead atoms. The number of ketones is 2. The maximum Gasteiger partial charge on any atom is 0.161 e. The minimum absolute atomic E-state index is 0.0328. The average Bonchev–Trinajstić information content (AvgIpc) is 2.58. The van der Waals surface area contributed by atoms with E-state index in [9.17, 15) is 9.59 Å². The first kappa shape index (κ1) is 28.4. The van der Waals surface area contributed by atoms with E-state index >= 15 is 0 Å². The van der Waals surface area contributed by atoms with Crippen molar-refractivity contribution in [3.63, 3.8) is 0 Å². The molecule has 0 saturated carbocycles. The molecule has 2 nitrogen and oxygen atoms in total. The van der Waals surface area contributed by atoms with E-state index in [-0.39, 0.29) is 28.8 Å². The van der Waals surface area contributed by atoms with Crippen LogP contribution in [-0.4, -0.2) is 11.6 Å². The van der Waals surface area contributed by atoms with Crippen molar-refractivity contribution in [2.45, 2.75) is 89.5 Å². The Morgan fingerprint density at radius 2 is 1.25 bits per heavy atom. The van der Waals surface area contributed by atoms with Gasteiger partial charge in [0.05, 0.1) is 0 Å². The zero-order valence-corrected chi connectivity index (χ0v) is 23.2. The van der Waals surface area contributed by atoms with Crippen LogP contribution in [0.3, 0.4) is 0 Å². The van der Waals surface area contributed by atoms with Crippen LogP contribution in [0.1, 0.15) is 89.5 Å². The van der Waals surface area contributed by atoms with Gasteiger partial charge in [0.1, 0.15) is 5.78 Å². The average molecular weight is 457 g/mol. The SMILES string of the molecule is CC(C)(C)C(=O)/C=C(/C=C/C=C1C=C(C(C)(C)C)SC(C(C)(C)C)=C1)CC(=O)C(C)(C)C. The second kappa shape index (κ2) is 10.1. The van der Waals surface area contributed by atoms with Crippen molar-refractivity contribution in [2.24, 2.45) is 21.7 Å². The smallest absolute Gasteiger partial charge is 0.161 e. The first-order chi connectivity index (χ1) is 14.2. The zero-order valence-electron chi connectivity index (χ0n) is 22.4. The summed E-state index contributed by atoms with van der Waals surface area (Å²) < 4.78 is 0. The number of hydrogen-bond acceptors (Lipinski definition) is 3. The molecule has 1 heterocycles. The molecule has 1 aliphatic rings. The first-order valence-corrected chi connectivity index (χ1v) is 12.3. The Morgan fingerprint density at radius 3 is 1.62 bits per heavy atom. The molecule has 0 radical (unpaired) electrons. The van der Waals surface area contributed by atoms with E-state index < -0.39 is 10.8 Å². The Kier molecular flexibility index (Phi) is 8.99. The lowest BCUT2D eigenvalue weighted by Gasteiger charge is -2.31. The third-order valence-corrected chi connectivity index (χ3v) is 7.05. The molecular formula is C29H44O2S. The van der Waals surface area contributed by atoms with Gasteiger partial charge in [0, 0.05) is 17.3 Å². The maximum atomic E-state index is 12.7. The van der Waals surface area contributed by atoms with Crippen molar-refractivity contribution in [3.05, 3.63) is 57.4 Å². The van der Waals surface area contributed by atoms with Crippen LogP contribution in [0.2, 0.25) is 0 Å². The van der Waals surface area contributed by atoms with E-state index in [1.54, 1.807) is 6.08 Å². The molecule has 0 atom stereocenters. The van der Waals surface area contributed by atoms with E-state index in [1.807, 2.05) is 65.5 Å². The molecule has 178 valence electrons. The van der Waals surface area contributed by atoms with Gasteiger partial charge in [0.15, 0.2) is 5.78 Å². The van der Waals surface area contributed by atoms with Gasteiger partial charge in [0.2, 0.25) is 0 Å². The van der Waals surface area contributed by atoms with Crippen molar-refractivity contribution < 1.29 is 9.59 Å². The van der Waals surface area contributed by atoms with E-state index in [1.165, 1.54) is 9.81 Å². The van der Waals surface area contributed by atoms with Crippen LogP contribution >= 0.6 is 11.8 Å². The third-order valence-electron chi connectivity index (χ3n) is 5.15. The molecule has 0 aromatic rings. The number of rotatable bonds is 5. The molecule has 0 unspecified atom stereocenters. The lowest BCUT2D eigenvalue weighted by atomic mass is 9.85. The maximum absolute atomic E-state index is 12.7. The van der Waals surface area contributed by atoms with Crippen LogP contribution in [0, 0.1) is 21.7 Å². The van der Waals surface area contributed by atoms with Gasteiger partial charge in [-0.2, -0.15) is 0 Å². The van der Waals surface area contributed by atoms with Gasteiger partial charge in [-0.25, -0.2) is 0 Å². The van der Waals surface area contributed by atoms with E-state index in [4.69, 9.17) is 0 Å². The van der Waals surface area contributed by atoms with Crippen molar-refractivity contribution in [3.8, 4) is 0 Å². The fraction of sp³-hybridized carbons (Fsp3) is 0.586. The van der Waals surface area contributed by atoms with Crippen molar-refractivity contribution in [1.29, 1.82) is 0 Å². The van der Waals surface area contributed by atoms with Crippen LogP contribution in [0.5, 0.6) is 0 Å². The third kappa shape index (κ3) is 9.10. The molecule has 1 rings (SSSR count). The van der Waals surface area contributed by atoms with Crippen molar-refractivity contribution in [2.75, 3.05) is 0 Å². The van der Waals surface area contributed by atoms with Gasteiger partial charge in [-0.05, 0) is 50.0 Å². The Labute approximate surface area is 201 Å². The van der Waals surface area contributed by atoms with Gasteiger partial charge in [0.25, 0.3) is 0 Å². The second-order valence-corrected chi connectivity index (χ2v) is 13.9. The molecular weight excluding hydrogens is 412 g/mol. The highest BCUT2D eigenvalue weighted by molar-refractivity contribution is 8.06. The summed E-state index contributed by atoms with van der Waals surface area (Å²) in [6.45, 7) is 24.9. The number of thioether (sulfide) groups is 1. The van der Waals surface area contributed by atoms with Crippen LogP contribution in [-0.2, 0) is 9.59 Å². The summed E-state index contributed by atoms with van der Waals surface area (Å²) >= 11 is 1.87. The van der Waals surface area contributed by atoms with E-state index in [2.05, 4.69) is 59.8 Å². The Bertz CT molecular complexity index is 845. The summed E-state index contributed by atoms with van der Waals surface area (Å²) in [7, 11) is 0. The molecule has 0 amide bonds. The van der Waals surface area contributed by atoms with Crippen LogP contribution < -0.4 is 0 Å². The van der Waals surface area contributed by atoms with Crippen molar-refractivity contribution >= 4 is 23.3 Å². The summed E-state index contributed by atoms with van der Waals surface area (Å²) in [5, 5.41) is 0. The van der Waals surface area contributed by atoms with Crippen LogP contribution in [0.15, 0.2) is 57.4 Å². The predicted molar refractivity (Wildman–Crippen MR) is 142 cm³/mol. The molecule has 0 aromatic heterocycles. The number of carbonyl (C=O) groups is 2. The number of hydrogen-bond donors (Lipinski definition) is 0. The molecule has 0 aliphatic carbocycles. The summed E-state index contributed by atoms with van der Waals surface area (Å²) in [6.07, 6.45) is 12.3. The number of carbonyl (C=O) groups excluding carboxylic acids is 2. The quantitative estimate of drug-likeness (QED) is 0.307. The highest BCUT2D eigenvalue weighted by Crippen LogP contribution is 2.48. The normalized spacial score (nSPS) is 16.8.